The topological polar surface area (TPSA) is 55.1 Å². The van der Waals surface area contributed by atoms with E-state index in [0.29, 0.717) is 6.42 Å². The van der Waals surface area contributed by atoms with Gasteiger partial charge in [0, 0.05) is 6.04 Å². The van der Waals surface area contributed by atoms with Crippen LogP contribution in [-0.2, 0) is 11.2 Å². The molecule has 3 nitrogen and oxygen atoms in total. The molecular formula is C15H23FN2O. The average Bonchev–Trinajstić information content (AvgIpc) is 2.39. The summed E-state index contributed by atoms with van der Waals surface area (Å²) in [7, 11) is 0. The van der Waals surface area contributed by atoms with Crippen LogP contribution < -0.4 is 11.1 Å². The standard InChI is InChI=1S/C15H23FN2O/c1-4-10(2)14(17)15(19)18-11(3)9-12-5-7-13(16)8-6-12/h5-8,10-11,14H,4,9,17H2,1-3H3,(H,18,19). The predicted molar refractivity (Wildman–Crippen MR) is 75.1 cm³/mol. The van der Waals surface area contributed by atoms with Crippen LogP contribution >= 0.6 is 0 Å². The molecule has 1 aromatic rings. The summed E-state index contributed by atoms with van der Waals surface area (Å²) in [5.41, 5.74) is 6.86. The van der Waals surface area contributed by atoms with Crippen LogP contribution in [0.2, 0.25) is 0 Å². The van der Waals surface area contributed by atoms with E-state index < -0.39 is 6.04 Å². The van der Waals surface area contributed by atoms with E-state index in [1.165, 1.54) is 12.1 Å². The number of amides is 1. The van der Waals surface area contributed by atoms with Crippen molar-refractivity contribution in [3.8, 4) is 0 Å². The van der Waals surface area contributed by atoms with Crippen molar-refractivity contribution in [2.45, 2.75) is 45.7 Å². The summed E-state index contributed by atoms with van der Waals surface area (Å²) in [6, 6.07) is 5.82. The lowest BCUT2D eigenvalue weighted by molar-refractivity contribution is -0.124. The van der Waals surface area contributed by atoms with Crippen molar-refractivity contribution in [3.05, 3.63) is 35.6 Å². The lowest BCUT2D eigenvalue weighted by atomic mass is 9.98. The van der Waals surface area contributed by atoms with Crippen LogP contribution in [0.15, 0.2) is 24.3 Å². The predicted octanol–water partition coefficient (Wildman–Crippen LogP) is 2.25. The lowest BCUT2D eigenvalue weighted by Gasteiger charge is -2.21. The van der Waals surface area contributed by atoms with E-state index in [4.69, 9.17) is 5.73 Å². The van der Waals surface area contributed by atoms with Gasteiger partial charge < -0.3 is 11.1 Å². The first kappa shape index (κ1) is 15.6. The van der Waals surface area contributed by atoms with Gasteiger partial charge in [-0.25, -0.2) is 4.39 Å². The molecule has 4 heteroatoms. The number of benzene rings is 1. The van der Waals surface area contributed by atoms with E-state index >= 15 is 0 Å². The molecule has 0 heterocycles. The Bertz CT molecular complexity index is 405. The Hall–Kier alpha value is -1.42. The minimum absolute atomic E-state index is 0.0203. The minimum Gasteiger partial charge on any atom is -0.352 e. The second-order valence-electron chi connectivity index (χ2n) is 5.15. The van der Waals surface area contributed by atoms with Gasteiger partial charge in [0.1, 0.15) is 5.82 Å². The molecular weight excluding hydrogens is 243 g/mol. The molecule has 0 saturated heterocycles. The molecule has 0 saturated carbocycles. The van der Waals surface area contributed by atoms with Gasteiger partial charge >= 0.3 is 0 Å². The third-order valence-electron chi connectivity index (χ3n) is 3.40. The lowest BCUT2D eigenvalue weighted by Crippen LogP contribution is -2.48. The van der Waals surface area contributed by atoms with E-state index in [1.807, 2.05) is 20.8 Å². The molecule has 0 bridgehead atoms. The molecule has 106 valence electrons. The Morgan fingerprint density at radius 2 is 1.89 bits per heavy atom. The van der Waals surface area contributed by atoms with Gasteiger partial charge in [-0.1, -0.05) is 32.4 Å². The number of rotatable bonds is 6. The van der Waals surface area contributed by atoms with Gasteiger partial charge in [-0.05, 0) is 37.0 Å². The number of carbonyl (C=O) groups is 1. The molecule has 0 radical (unpaired) electrons. The second kappa shape index (κ2) is 7.24. The van der Waals surface area contributed by atoms with Crippen LogP contribution in [0.1, 0.15) is 32.8 Å². The van der Waals surface area contributed by atoms with E-state index in [-0.39, 0.29) is 23.7 Å². The highest BCUT2D eigenvalue weighted by molar-refractivity contribution is 5.82. The van der Waals surface area contributed by atoms with Crippen molar-refractivity contribution in [1.29, 1.82) is 0 Å². The van der Waals surface area contributed by atoms with E-state index in [2.05, 4.69) is 5.32 Å². The fourth-order valence-electron chi connectivity index (χ4n) is 1.88. The molecule has 0 fully saturated rings. The highest BCUT2D eigenvalue weighted by Gasteiger charge is 2.20. The van der Waals surface area contributed by atoms with Crippen molar-refractivity contribution in [3.63, 3.8) is 0 Å². The quantitative estimate of drug-likeness (QED) is 0.829. The summed E-state index contributed by atoms with van der Waals surface area (Å²) >= 11 is 0. The van der Waals surface area contributed by atoms with Crippen LogP contribution in [0.25, 0.3) is 0 Å². The summed E-state index contributed by atoms with van der Waals surface area (Å²) in [5, 5.41) is 2.90. The first-order valence-corrected chi connectivity index (χ1v) is 6.74. The molecule has 0 spiro atoms. The van der Waals surface area contributed by atoms with Crippen LogP contribution in [0, 0.1) is 11.7 Å². The minimum atomic E-state index is -0.472. The zero-order valence-corrected chi connectivity index (χ0v) is 11.8. The highest BCUT2D eigenvalue weighted by Crippen LogP contribution is 2.08. The molecule has 19 heavy (non-hydrogen) atoms. The van der Waals surface area contributed by atoms with Crippen molar-refractivity contribution in [2.24, 2.45) is 11.7 Å². The largest absolute Gasteiger partial charge is 0.352 e. The molecule has 0 aliphatic rings. The number of halogens is 1. The smallest absolute Gasteiger partial charge is 0.237 e. The van der Waals surface area contributed by atoms with Gasteiger partial charge in [-0.2, -0.15) is 0 Å². The molecule has 1 aromatic carbocycles. The molecule has 0 aliphatic carbocycles. The Balaban J connectivity index is 2.48. The van der Waals surface area contributed by atoms with Crippen LogP contribution in [-0.4, -0.2) is 18.0 Å². The maximum absolute atomic E-state index is 12.8. The number of nitrogens with one attached hydrogen (secondary N) is 1. The number of hydrogen-bond acceptors (Lipinski definition) is 2. The molecule has 0 aromatic heterocycles. The van der Waals surface area contributed by atoms with Crippen molar-refractivity contribution in [2.75, 3.05) is 0 Å². The first-order valence-electron chi connectivity index (χ1n) is 6.74. The SMILES string of the molecule is CCC(C)C(N)C(=O)NC(C)Cc1ccc(F)cc1. The van der Waals surface area contributed by atoms with Gasteiger partial charge in [-0.3, -0.25) is 4.79 Å². The monoisotopic (exact) mass is 266 g/mol. The van der Waals surface area contributed by atoms with Crippen LogP contribution in [0.3, 0.4) is 0 Å². The van der Waals surface area contributed by atoms with Crippen molar-refractivity contribution < 1.29 is 9.18 Å². The summed E-state index contributed by atoms with van der Waals surface area (Å²) in [6.45, 7) is 5.90. The second-order valence-corrected chi connectivity index (χ2v) is 5.15. The van der Waals surface area contributed by atoms with Gasteiger partial charge in [0.05, 0.1) is 6.04 Å². The van der Waals surface area contributed by atoms with Gasteiger partial charge in [0.25, 0.3) is 0 Å². The van der Waals surface area contributed by atoms with E-state index in [9.17, 15) is 9.18 Å². The van der Waals surface area contributed by atoms with E-state index in [0.717, 1.165) is 12.0 Å². The fraction of sp³-hybridized carbons (Fsp3) is 0.533. The molecule has 0 aliphatic heterocycles. The third kappa shape index (κ3) is 4.99. The molecule has 1 rings (SSSR count). The maximum Gasteiger partial charge on any atom is 0.237 e. The Labute approximate surface area is 114 Å². The summed E-state index contributed by atoms with van der Waals surface area (Å²) in [4.78, 5) is 11.9. The normalized spacial score (nSPS) is 15.6. The maximum atomic E-state index is 12.8. The summed E-state index contributed by atoms with van der Waals surface area (Å²) in [5.74, 6) is -0.207. The highest BCUT2D eigenvalue weighted by atomic mass is 19.1. The zero-order chi connectivity index (χ0) is 14.4. The number of nitrogens with two attached hydrogens (primary N) is 1. The molecule has 3 atom stereocenters. The average molecular weight is 266 g/mol. The Kier molecular flexibility index (Phi) is 5.96. The molecule has 3 N–H and O–H groups in total. The van der Waals surface area contributed by atoms with Crippen LogP contribution in [0.4, 0.5) is 4.39 Å². The van der Waals surface area contributed by atoms with E-state index in [1.54, 1.807) is 12.1 Å². The Morgan fingerprint density at radius 1 is 1.32 bits per heavy atom. The Morgan fingerprint density at radius 3 is 2.42 bits per heavy atom. The van der Waals surface area contributed by atoms with Gasteiger partial charge in [0.2, 0.25) is 5.91 Å². The van der Waals surface area contributed by atoms with Gasteiger partial charge in [-0.15, -0.1) is 0 Å². The van der Waals surface area contributed by atoms with Crippen LogP contribution in [0.5, 0.6) is 0 Å². The third-order valence-corrected chi connectivity index (χ3v) is 3.40. The summed E-state index contributed by atoms with van der Waals surface area (Å²) in [6.07, 6.45) is 1.54. The first-order chi connectivity index (χ1) is 8.93. The number of carbonyl (C=O) groups excluding carboxylic acids is 1. The number of hydrogen-bond donors (Lipinski definition) is 2. The van der Waals surface area contributed by atoms with Crippen molar-refractivity contribution in [1.82, 2.24) is 5.32 Å². The zero-order valence-electron chi connectivity index (χ0n) is 11.8. The van der Waals surface area contributed by atoms with Crippen molar-refractivity contribution >= 4 is 5.91 Å². The molecule has 3 unspecified atom stereocenters. The van der Waals surface area contributed by atoms with Gasteiger partial charge in [0.15, 0.2) is 0 Å². The fourth-order valence-corrected chi connectivity index (χ4v) is 1.88. The molecule has 1 amide bonds. The summed E-state index contributed by atoms with van der Waals surface area (Å²) < 4.78 is 12.8.